The van der Waals surface area contributed by atoms with Crippen LogP contribution in [0.1, 0.15) is 145 Å². The molecule has 0 aromatic rings. The summed E-state index contributed by atoms with van der Waals surface area (Å²) in [4.78, 5) is 13.3. The van der Waals surface area contributed by atoms with Gasteiger partial charge in [-0.2, -0.15) is 10.1 Å². The number of nitrogens with zero attached hydrogens (tertiary/aromatic N) is 2. The number of hydroxylamine groups is 4. The Labute approximate surface area is 287 Å². The first kappa shape index (κ1) is 37.2. The summed E-state index contributed by atoms with van der Waals surface area (Å²) in [5.74, 6) is 0. The van der Waals surface area contributed by atoms with E-state index >= 15 is 0 Å². The van der Waals surface area contributed by atoms with Crippen LogP contribution in [-0.2, 0) is 36.8 Å². The quantitative estimate of drug-likeness (QED) is 0.229. The Balaban J connectivity index is 0.944. The van der Waals surface area contributed by atoms with Crippen LogP contribution in [0.5, 0.6) is 0 Å². The second-order valence-electron chi connectivity index (χ2n) is 17.9. The lowest BCUT2D eigenvalue weighted by atomic mass is 9.80. The number of piperidine rings is 2. The van der Waals surface area contributed by atoms with Crippen molar-refractivity contribution in [1.29, 1.82) is 0 Å². The van der Waals surface area contributed by atoms with Gasteiger partial charge < -0.3 is 27.1 Å². The maximum absolute atomic E-state index is 6.66. The fraction of sp³-hybridized carbons (Fsp3) is 1.00. The maximum Gasteiger partial charge on any atom is 0.332 e. The summed E-state index contributed by atoms with van der Waals surface area (Å²) in [6.07, 6.45) is 16.6. The summed E-state index contributed by atoms with van der Waals surface area (Å²) in [5.41, 5.74) is -0.941. The Kier molecular flexibility index (Phi) is 11.7. The van der Waals surface area contributed by atoms with E-state index in [4.69, 9.17) is 36.8 Å². The lowest BCUT2D eigenvalue weighted by Gasteiger charge is -2.55. The summed E-state index contributed by atoms with van der Waals surface area (Å²) in [5, 5.41) is 4.54. The minimum atomic E-state index is -1.43. The van der Waals surface area contributed by atoms with Crippen LogP contribution in [0.3, 0.4) is 0 Å². The molecule has 12 heteroatoms. The molecular weight excluding hydrogens is 638 g/mol. The van der Waals surface area contributed by atoms with Crippen LogP contribution in [0.4, 0.5) is 0 Å². The molecule has 2 saturated carbocycles. The normalized spacial score (nSPS) is 36.5. The third-order valence-corrected chi connectivity index (χ3v) is 13.4. The van der Waals surface area contributed by atoms with E-state index in [-0.39, 0.29) is 39.8 Å². The Morgan fingerprint density at radius 3 is 1.04 bits per heavy atom. The van der Waals surface area contributed by atoms with Gasteiger partial charge in [0.25, 0.3) is 0 Å². The average molecular weight is 703 g/mol. The van der Waals surface area contributed by atoms with Crippen molar-refractivity contribution in [2.45, 2.75) is 192 Å². The first-order valence-corrected chi connectivity index (χ1v) is 20.7. The molecule has 0 unspecified atom stereocenters. The zero-order valence-corrected chi connectivity index (χ0v) is 32.4. The van der Waals surface area contributed by atoms with Gasteiger partial charge in [0.05, 0.1) is 56.3 Å². The average Bonchev–Trinajstić information content (AvgIpc) is 3.00. The molecule has 0 amide bonds. The third-order valence-electron chi connectivity index (χ3n) is 11.1. The lowest BCUT2D eigenvalue weighted by molar-refractivity contribution is -0.316. The van der Waals surface area contributed by atoms with Crippen molar-refractivity contribution in [2.75, 3.05) is 26.4 Å². The van der Waals surface area contributed by atoms with Gasteiger partial charge in [-0.15, -0.1) is 0 Å². The highest BCUT2D eigenvalue weighted by Crippen LogP contribution is 2.56. The van der Waals surface area contributed by atoms with Crippen molar-refractivity contribution in [1.82, 2.24) is 10.1 Å². The van der Waals surface area contributed by atoms with Crippen LogP contribution in [0.2, 0.25) is 0 Å². The van der Waals surface area contributed by atoms with Gasteiger partial charge in [0.2, 0.25) is 0 Å². The van der Waals surface area contributed by atoms with E-state index < -0.39 is 17.2 Å². The molecule has 2 aliphatic carbocycles. The molecule has 0 aromatic heterocycles. The minimum Gasteiger partial charge on any atom is -0.311 e. The summed E-state index contributed by atoms with van der Waals surface area (Å²) < 4.78 is 38.0. The van der Waals surface area contributed by atoms with Crippen LogP contribution >= 0.6 is 17.2 Å². The topological polar surface area (TPSA) is 80.3 Å². The summed E-state index contributed by atoms with van der Waals surface area (Å²) >= 11 is 0. The van der Waals surface area contributed by atoms with Crippen LogP contribution in [-0.4, -0.2) is 83.1 Å². The molecule has 272 valence electrons. The molecular formula is C35H64N2O8P2. The number of hydrogen-bond acceptors (Lipinski definition) is 10. The summed E-state index contributed by atoms with van der Waals surface area (Å²) in [6, 6.07) is 0. The van der Waals surface area contributed by atoms with Crippen LogP contribution in [0.25, 0.3) is 0 Å². The van der Waals surface area contributed by atoms with E-state index in [0.29, 0.717) is 38.6 Å². The fourth-order valence-corrected chi connectivity index (χ4v) is 11.8. The summed E-state index contributed by atoms with van der Waals surface area (Å²) in [6.45, 7) is 20.1. The van der Waals surface area contributed by atoms with E-state index in [2.05, 4.69) is 65.5 Å². The lowest BCUT2D eigenvalue weighted by Crippen LogP contribution is -2.62. The Morgan fingerprint density at radius 2 is 0.745 bits per heavy atom. The zero-order valence-electron chi connectivity index (χ0n) is 30.6. The highest BCUT2D eigenvalue weighted by molar-refractivity contribution is 7.42. The Bertz CT molecular complexity index is 900. The van der Waals surface area contributed by atoms with Crippen molar-refractivity contribution < 1.29 is 36.8 Å². The highest BCUT2D eigenvalue weighted by atomic mass is 31.2. The van der Waals surface area contributed by atoms with Gasteiger partial charge in [0.15, 0.2) is 0 Å². The predicted octanol–water partition coefficient (Wildman–Crippen LogP) is 9.13. The van der Waals surface area contributed by atoms with Crippen LogP contribution < -0.4 is 0 Å². The van der Waals surface area contributed by atoms with Gasteiger partial charge in [-0.1, -0.05) is 38.5 Å². The highest BCUT2D eigenvalue weighted by Gasteiger charge is 2.52. The molecule has 4 saturated heterocycles. The third kappa shape index (κ3) is 9.10. The molecule has 4 aliphatic heterocycles. The van der Waals surface area contributed by atoms with Crippen molar-refractivity contribution >= 4 is 17.2 Å². The van der Waals surface area contributed by atoms with E-state index in [9.17, 15) is 0 Å². The molecule has 6 fully saturated rings. The molecule has 0 N–H and O–H groups in total. The van der Waals surface area contributed by atoms with Crippen LogP contribution in [0, 0.1) is 5.41 Å². The number of hydrogen-bond donors (Lipinski definition) is 0. The fourth-order valence-electron chi connectivity index (χ4n) is 9.15. The van der Waals surface area contributed by atoms with Crippen LogP contribution in [0.15, 0.2) is 0 Å². The van der Waals surface area contributed by atoms with Crippen molar-refractivity contribution in [2.24, 2.45) is 5.41 Å². The van der Waals surface area contributed by atoms with Crippen molar-refractivity contribution in [3.63, 3.8) is 0 Å². The smallest absolute Gasteiger partial charge is 0.311 e. The first-order chi connectivity index (χ1) is 22.1. The van der Waals surface area contributed by atoms with Gasteiger partial charge in [-0.05, 0) is 107 Å². The van der Waals surface area contributed by atoms with Gasteiger partial charge >= 0.3 is 17.2 Å². The van der Waals surface area contributed by atoms with E-state index in [1.54, 1.807) is 0 Å². The van der Waals surface area contributed by atoms with E-state index in [1.807, 2.05) is 0 Å². The van der Waals surface area contributed by atoms with Gasteiger partial charge in [0.1, 0.15) is 0 Å². The predicted molar refractivity (Wildman–Crippen MR) is 184 cm³/mol. The number of rotatable bonds is 8. The first-order valence-electron chi connectivity index (χ1n) is 18.5. The molecule has 6 aliphatic rings. The zero-order chi connectivity index (χ0) is 33.5. The minimum absolute atomic E-state index is 0.0412. The molecule has 0 aromatic carbocycles. The van der Waals surface area contributed by atoms with Crippen molar-refractivity contribution in [3.8, 4) is 0 Å². The maximum atomic E-state index is 6.66. The summed E-state index contributed by atoms with van der Waals surface area (Å²) in [7, 11) is -2.86. The molecule has 47 heavy (non-hydrogen) atoms. The largest absolute Gasteiger partial charge is 0.332 e. The van der Waals surface area contributed by atoms with E-state index in [0.717, 1.165) is 51.4 Å². The second-order valence-corrected chi connectivity index (χ2v) is 20.2. The molecule has 0 radical (unpaired) electrons. The standard InChI is InChI=1S/C35H64N2O8P2/c1-31(2)19-29(20-32(3,4)36(31)42-27-15-11-9-12-16-27)44-46-38-23-35(24-39-46)25-40-47(41-26-35)45-30-21-33(5,6)37(34(7,8)22-30)43-28-17-13-10-14-18-28/h27-30H,9-26H2,1-8H3. The second kappa shape index (κ2) is 14.8. The molecule has 10 nitrogen and oxygen atoms in total. The molecule has 6 rings (SSSR count). The Hall–Kier alpha value is 0.460. The van der Waals surface area contributed by atoms with Crippen molar-refractivity contribution in [3.05, 3.63) is 0 Å². The SMILES string of the molecule is CC1(C)CC(OP2OCC3(CO2)COP(OC2CC(C)(C)N(OC4CCCCC4)C(C)(C)C2)OC3)CC(C)(C)N1OC1CCCCC1. The van der Waals surface area contributed by atoms with E-state index in [1.165, 1.54) is 38.5 Å². The molecule has 0 atom stereocenters. The van der Waals surface area contributed by atoms with Gasteiger partial charge in [-0.3, -0.25) is 9.68 Å². The van der Waals surface area contributed by atoms with Gasteiger partial charge in [-0.25, -0.2) is 0 Å². The molecule has 4 heterocycles. The van der Waals surface area contributed by atoms with Gasteiger partial charge in [0, 0.05) is 22.2 Å². The Morgan fingerprint density at radius 1 is 0.447 bits per heavy atom. The molecule has 1 spiro atoms. The monoisotopic (exact) mass is 702 g/mol. The molecule has 0 bridgehead atoms.